The fraction of sp³-hybridized carbons (Fsp3) is 0.615. The maximum Gasteiger partial charge on any atom is 0.275 e. The lowest BCUT2D eigenvalue weighted by atomic mass is 10.2. The van der Waals surface area contributed by atoms with E-state index in [1.54, 1.807) is 11.3 Å². The molecule has 1 saturated heterocycles. The van der Waals surface area contributed by atoms with Gasteiger partial charge in [0.2, 0.25) is 0 Å². The van der Waals surface area contributed by atoms with Gasteiger partial charge in [0.25, 0.3) is 5.91 Å². The number of quaternary nitrogens is 1. The molecule has 0 atom stereocenters. The number of carbonyl (C=O) groups is 1. The number of hydrogen-bond acceptors (Lipinski definition) is 3. The fourth-order valence-electron chi connectivity index (χ4n) is 2.64. The van der Waals surface area contributed by atoms with Crippen molar-refractivity contribution in [2.45, 2.75) is 19.3 Å². The second-order valence-corrected chi connectivity index (χ2v) is 6.43. The molecule has 0 unspecified atom stereocenters. The highest BCUT2D eigenvalue weighted by molar-refractivity contribution is 7.14. The Bertz CT molecular complexity index is 428. The van der Waals surface area contributed by atoms with Crippen LogP contribution < -0.4 is 10.3 Å². The van der Waals surface area contributed by atoms with Crippen LogP contribution in [0.2, 0.25) is 0 Å². The van der Waals surface area contributed by atoms with E-state index in [1.807, 2.05) is 0 Å². The number of carbonyl (C=O) groups excluding carboxylic acids is 1. The predicted octanol–water partition coefficient (Wildman–Crippen LogP) is -0.288. The van der Waals surface area contributed by atoms with Crippen LogP contribution in [0.1, 0.15) is 26.5 Å². The van der Waals surface area contributed by atoms with Gasteiger partial charge in [0, 0.05) is 4.88 Å². The number of aryl methyl sites for hydroxylation is 2. The lowest BCUT2D eigenvalue weighted by Crippen LogP contribution is -3.12. The van der Waals surface area contributed by atoms with Crippen molar-refractivity contribution >= 4 is 17.2 Å². The van der Waals surface area contributed by atoms with Crippen LogP contribution in [-0.2, 0) is 12.8 Å². The summed E-state index contributed by atoms with van der Waals surface area (Å²) in [5.41, 5.74) is 4.43. The summed E-state index contributed by atoms with van der Waals surface area (Å²) in [7, 11) is 2.20. The minimum atomic E-state index is 0.0777. The first-order valence-corrected chi connectivity index (χ1v) is 7.53. The van der Waals surface area contributed by atoms with E-state index in [1.165, 1.54) is 21.8 Å². The van der Waals surface area contributed by atoms with Gasteiger partial charge in [-0.15, -0.1) is 11.3 Å². The number of piperazine rings is 1. The molecular formula is C13H20N3OS+. The number of likely N-dealkylation sites (N-methyl/N-ethyl adjacent to an activating group) is 1. The normalized spacial score (nSPS) is 20.9. The van der Waals surface area contributed by atoms with E-state index in [2.05, 4.69) is 23.5 Å². The summed E-state index contributed by atoms with van der Waals surface area (Å²) in [6.45, 7) is 4.09. The molecule has 1 aliphatic carbocycles. The van der Waals surface area contributed by atoms with Gasteiger partial charge in [-0.05, 0) is 30.9 Å². The van der Waals surface area contributed by atoms with Crippen molar-refractivity contribution in [1.29, 1.82) is 0 Å². The standard InChI is InChI=1S/C13H19N3OS/c1-15-5-7-16(8-6-15)14-13(17)12-9-10-3-2-4-11(10)18-12/h9H,2-8H2,1H3,(H,14,17)/p+1. The molecule has 0 bridgehead atoms. The first-order chi connectivity index (χ1) is 8.72. The number of thiophene rings is 1. The van der Waals surface area contributed by atoms with Gasteiger partial charge in [-0.2, -0.15) is 0 Å². The zero-order valence-electron chi connectivity index (χ0n) is 10.8. The van der Waals surface area contributed by atoms with Gasteiger partial charge in [0.05, 0.1) is 38.1 Å². The Morgan fingerprint density at radius 3 is 2.89 bits per heavy atom. The number of nitrogens with zero attached hydrogens (tertiary/aromatic N) is 1. The second-order valence-electron chi connectivity index (χ2n) is 5.30. The third-order valence-electron chi connectivity index (χ3n) is 3.85. The Balaban J connectivity index is 1.60. The third kappa shape index (κ3) is 2.43. The lowest BCUT2D eigenvalue weighted by molar-refractivity contribution is -0.884. The van der Waals surface area contributed by atoms with Gasteiger partial charge in [-0.25, -0.2) is 5.01 Å². The molecule has 18 heavy (non-hydrogen) atoms. The van der Waals surface area contributed by atoms with E-state index in [0.717, 1.165) is 43.9 Å². The molecule has 0 spiro atoms. The smallest absolute Gasteiger partial charge is 0.275 e. The van der Waals surface area contributed by atoms with E-state index < -0.39 is 0 Å². The molecular weight excluding hydrogens is 246 g/mol. The average molecular weight is 266 g/mol. The number of rotatable bonds is 2. The molecule has 1 aliphatic heterocycles. The number of amides is 1. The molecule has 1 aromatic heterocycles. The molecule has 5 heteroatoms. The highest BCUT2D eigenvalue weighted by Crippen LogP contribution is 2.30. The van der Waals surface area contributed by atoms with Gasteiger partial charge in [0.15, 0.2) is 0 Å². The summed E-state index contributed by atoms with van der Waals surface area (Å²) in [6.07, 6.45) is 3.56. The number of nitrogens with one attached hydrogen (secondary N) is 2. The molecule has 0 saturated carbocycles. The highest BCUT2D eigenvalue weighted by Gasteiger charge is 2.22. The first-order valence-electron chi connectivity index (χ1n) is 6.71. The maximum atomic E-state index is 12.2. The van der Waals surface area contributed by atoms with Crippen LogP contribution in [0.3, 0.4) is 0 Å². The van der Waals surface area contributed by atoms with Crippen LogP contribution in [0.25, 0.3) is 0 Å². The Kier molecular flexibility index (Phi) is 3.37. The lowest BCUT2D eigenvalue weighted by Gasteiger charge is -2.29. The van der Waals surface area contributed by atoms with E-state index in [-0.39, 0.29) is 5.91 Å². The van der Waals surface area contributed by atoms with Crippen molar-refractivity contribution in [2.75, 3.05) is 33.2 Å². The molecule has 3 rings (SSSR count). The van der Waals surface area contributed by atoms with Crippen molar-refractivity contribution in [3.63, 3.8) is 0 Å². The SMILES string of the molecule is C[NH+]1CCN(NC(=O)c2cc3c(s2)CCC3)CC1. The Morgan fingerprint density at radius 1 is 1.39 bits per heavy atom. The summed E-state index contributed by atoms with van der Waals surface area (Å²) >= 11 is 1.68. The molecule has 1 aromatic rings. The van der Waals surface area contributed by atoms with Crippen LogP contribution >= 0.6 is 11.3 Å². The van der Waals surface area contributed by atoms with Crippen LogP contribution in [0, 0.1) is 0 Å². The van der Waals surface area contributed by atoms with Crippen molar-refractivity contribution in [3.05, 3.63) is 21.4 Å². The largest absolute Gasteiger partial charge is 0.335 e. The average Bonchev–Trinajstić information content (AvgIpc) is 2.92. The molecule has 2 aliphatic rings. The van der Waals surface area contributed by atoms with Gasteiger partial charge >= 0.3 is 0 Å². The van der Waals surface area contributed by atoms with Crippen LogP contribution in [-0.4, -0.2) is 44.1 Å². The van der Waals surface area contributed by atoms with Crippen molar-refractivity contribution in [3.8, 4) is 0 Å². The highest BCUT2D eigenvalue weighted by atomic mass is 32.1. The number of hydrogen-bond donors (Lipinski definition) is 2. The molecule has 98 valence electrons. The van der Waals surface area contributed by atoms with Crippen LogP contribution in [0.4, 0.5) is 0 Å². The molecule has 2 N–H and O–H groups in total. The van der Waals surface area contributed by atoms with Crippen LogP contribution in [0.15, 0.2) is 6.07 Å². The van der Waals surface area contributed by atoms with Gasteiger partial charge < -0.3 is 4.90 Å². The maximum absolute atomic E-state index is 12.2. The van der Waals surface area contributed by atoms with Crippen molar-refractivity contribution < 1.29 is 9.69 Å². The summed E-state index contributed by atoms with van der Waals surface area (Å²) < 4.78 is 0. The minimum Gasteiger partial charge on any atom is -0.335 e. The van der Waals surface area contributed by atoms with E-state index in [4.69, 9.17) is 0 Å². The fourth-order valence-corrected chi connectivity index (χ4v) is 3.78. The molecule has 1 amide bonds. The molecule has 4 nitrogen and oxygen atoms in total. The van der Waals surface area contributed by atoms with E-state index >= 15 is 0 Å². The van der Waals surface area contributed by atoms with Gasteiger partial charge in [-0.3, -0.25) is 10.2 Å². The molecule has 0 radical (unpaired) electrons. The summed E-state index contributed by atoms with van der Waals surface area (Å²) in [6, 6.07) is 2.09. The molecule has 1 fully saturated rings. The molecule has 2 heterocycles. The summed E-state index contributed by atoms with van der Waals surface area (Å²) in [4.78, 5) is 16.0. The summed E-state index contributed by atoms with van der Waals surface area (Å²) in [5.74, 6) is 0.0777. The van der Waals surface area contributed by atoms with Gasteiger partial charge in [0.1, 0.15) is 0 Å². The third-order valence-corrected chi connectivity index (χ3v) is 5.08. The topological polar surface area (TPSA) is 36.8 Å². The summed E-state index contributed by atoms with van der Waals surface area (Å²) in [5, 5.41) is 2.06. The Morgan fingerprint density at radius 2 is 2.17 bits per heavy atom. The van der Waals surface area contributed by atoms with E-state index in [0.29, 0.717) is 0 Å². The van der Waals surface area contributed by atoms with Gasteiger partial charge in [-0.1, -0.05) is 0 Å². The van der Waals surface area contributed by atoms with Crippen molar-refractivity contribution in [2.24, 2.45) is 0 Å². The minimum absolute atomic E-state index is 0.0777. The second kappa shape index (κ2) is 4.99. The number of fused-ring (bicyclic) bond motifs is 1. The van der Waals surface area contributed by atoms with E-state index in [9.17, 15) is 4.79 Å². The quantitative estimate of drug-likeness (QED) is 0.772. The van der Waals surface area contributed by atoms with Crippen molar-refractivity contribution in [1.82, 2.24) is 10.4 Å². The van der Waals surface area contributed by atoms with Crippen LogP contribution in [0.5, 0.6) is 0 Å². The zero-order chi connectivity index (χ0) is 12.5. The monoisotopic (exact) mass is 266 g/mol. The Hall–Kier alpha value is -0.910. The first kappa shape index (κ1) is 12.1. The number of hydrazine groups is 1. The molecule has 0 aromatic carbocycles. The zero-order valence-corrected chi connectivity index (χ0v) is 11.6. The Labute approximate surface area is 112 Å². The predicted molar refractivity (Wildman–Crippen MR) is 72.0 cm³/mol.